The van der Waals surface area contributed by atoms with E-state index in [2.05, 4.69) is 11.1 Å². The van der Waals surface area contributed by atoms with Crippen LogP contribution in [0.2, 0.25) is 0 Å². The van der Waals surface area contributed by atoms with Gasteiger partial charge in [-0.05, 0) is 30.3 Å². The van der Waals surface area contributed by atoms with E-state index in [1.807, 2.05) is 66.9 Å². The van der Waals surface area contributed by atoms with Gasteiger partial charge in [-0.15, -0.1) is 0 Å². The summed E-state index contributed by atoms with van der Waals surface area (Å²) in [6.07, 6.45) is 1.84. The molecule has 0 aliphatic carbocycles. The average Bonchev–Trinajstić information content (AvgIpc) is 3.15. The van der Waals surface area contributed by atoms with Gasteiger partial charge in [-0.2, -0.15) is 0 Å². The summed E-state index contributed by atoms with van der Waals surface area (Å²) in [6, 6.07) is 22.1. The van der Waals surface area contributed by atoms with Crippen molar-refractivity contribution in [3.05, 3.63) is 84.2 Å². The second-order valence-corrected chi connectivity index (χ2v) is 5.54. The molecule has 1 atom stereocenters. The van der Waals surface area contributed by atoms with Crippen LogP contribution in [0, 0.1) is 0 Å². The van der Waals surface area contributed by atoms with Crippen LogP contribution in [0.5, 0.6) is 0 Å². The number of rotatable bonds is 1. The van der Waals surface area contributed by atoms with Gasteiger partial charge in [0.25, 0.3) is 0 Å². The molecule has 4 nitrogen and oxygen atoms in total. The van der Waals surface area contributed by atoms with Crippen molar-refractivity contribution in [2.75, 3.05) is 10.0 Å². The van der Waals surface area contributed by atoms with Crippen LogP contribution in [-0.4, -0.2) is 10.6 Å². The molecule has 5 rings (SSSR count). The number of aromatic nitrogens is 1. The molecule has 2 aliphatic heterocycles. The first-order chi connectivity index (χ1) is 10.9. The number of fused-ring (bicyclic) bond motifs is 7. The molecule has 2 aliphatic rings. The highest BCUT2D eigenvalue weighted by Gasteiger charge is 2.46. The Hall–Kier alpha value is -3.01. The summed E-state index contributed by atoms with van der Waals surface area (Å²) in [4.78, 5) is 12.9. The van der Waals surface area contributed by atoms with Crippen molar-refractivity contribution in [2.24, 2.45) is 0 Å². The van der Waals surface area contributed by atoms with E-state index in [1.165, 1.54) is 0 Å². The summed E-state index contributed by atoms with van der Waals surface area (Å²) in [5, 5.41) is 3.87. The molecule has 0 radical (unpaired) electrons. The lowest BCUT2D eigenvalue weighted by atomic mass is 10.0. The lowest BCUT2D eigenvalue weighted by Crippen LogP contribution is -2.51. The Morgan fingerprint density at radius 1 is 0.818 bits per heavy atom. The summed E-state index contributed by atoms with van der Waals surface area (Å²) in [6.45, 7) is 0. The van der Waals surface area contributed by atoms with Crippen LogP contribution in [0.3, 0.4) is 0 Å². The van der Waals surface area contributed by atoms with Gasteiger partial charge in [-0.25, -0.2) is 9.80 Å². The summed E-state index contributed by atoms with van der Waals surface area (Å²) in [7, 11) is 0. The van der Waals surface area contributed by atoms with E-state index >= 15 is 0 Å². The third-order valence-electron chi connectivity index (χ3n) is 4.39. The summed E-state index contributed by atoms with van der Waals surface area (Å²) >= 11 is 0. The number of nitrogens with zero attached hydrogens (tertiary/aromatic N) is 3. The third-order valence-corrected chi connectivity index (χ3v) is 4.39. The molecule has 0 fully saturated rings. The number of anilines is 2. The van der Waals surface area contributed by atoms with E-state index in [0.29, 0.717) is 0 Å². The molecule has 0 saturated heterocycles. The van der Waals surface area contributed by atoms with Gasteiger partial charge >= 0.3 is 6.03 Å². The molecule has 106 valence electrons. The Balaban J connectivity index is 1.82. The van der Waals surface area contributed by atoms with Gasteiger partial charge in [0.1, 0.15) is 6.04 Å². The molecule has 4 heteroatoms. The Labute approximate surface area is 127 Å². The van der Waals surface area contributed by atoms with Crippen LogP contribution in [0.25, 0.3) is 0 Å². The van der Waals surface area contributed by atoms with Crippen LogP contribution >= 0.6 is 0 Å². The van der Waals surface area contributed by atoms with Gasteiger partial charge in [0.15, 0.2) is 0 Å². The number of hydrazine groups is 1. The van der Waals surface area contributed by atoms with Crippen LogP contribution in [-0.2, 0) is 0 Å². The van der Waals surface area contributed by atoms with Crippen LogP contribution in [0.15, 0.2) is 72.9 Å². The summed E-state index contributed by atoms with van der Waals surface area (Å²) in [5.41, 5.74) is 4.15. The molecule has 3 heterocycles. The minimum Gasteiger partial charge on any atom is -0.269 e. The second kappa shape index (κ2) is 4.01. The Bertz CT molecular complexity index is 884. The largest absolute Gasteiger partial charge is 0.352 e. The van der Waals surface area contributed by atoms with Gasteiger partial charge in [0, 0.05) is 11.8 Å². The molecule has 0 N–H and O–H groups in total. The maximum Gasteiger partial charge on any atom is 0.352 e. The van der Waals surface area contributed by atoms with Gasteiger partial charge in [-0.1, -0.05) is 36.4 Å². The van der Waals surface area contributed by atoms with Crippen molar-refractivity contribution in [2.45, 2.75) is 6.04 Å². The highest BCUT2D eigenvalue weighted by molar-refractivity contribution is 6.02. The Morgan fingerprint density at radius 2 is 1.59 bits per heavy atom. The molecule has 2 bridgehead atoms. The van der Waals surface area contributed by atoms with E-state index < -0.39 is 0 Å². The molecule has 0 saturated carbocycles. The summed E-state index contributed by atoms with van der Waals surface area (Å²) < 4.78 is 1.74. The number of benzene rings is 2. The van der Waals surface area contributed by atoms with Gasteiger partial charge in [-0.3, -0.25) is 9.58 Å². The number of carbonyl (C=O) groups excluding carboxylic acids is 1. The normalized spacial score (nSPS) is 18.4. The zero-order chi connectivity index (χ0) is 14.7. The summed E-state index contributed by atoms with van der Waals surface area (Å²) in [5.74, 6) is 0. The fraction of sp³-hybridized carbons (Fsp3) is 0.0556. The topological polar surface area (TPSA) is 28.5 Å². The van der Waals surface area contributed by atoms with Crippen molar-refractivity contribution in [3.8, 4) is 0 Å². The zero-order valence-corrected chi connectivity index (χ0v) is 11.8. The van der Waals surface area contributed by atoms with Crippen LogP contribution in [0.1, 0.15) is 17.3 Å². The standard InChI is InChI=1S/C18H13N3O/c22-18-19-12-6-11-16(19)17-14-9-4-5-10-15(14)21(18)20(17)13-7-2-1-3-8-13/h1-12,17H. The lowest BCUT2D eigenvalue weighted by Gasteiger charge is -2.38. The number of hydrogen-bond acceptors (Lipinski definition) is 2. The Morgan fingerprint density at radius 3 is 2.45 bits per heavy atom. The molecule has 22 heavy (non-hydrogen) atoms. The van der Waals surface area contributed by atoms with Crippen molar-refractivity contribution < 1.29 is 4.79 Å². The molecule has 1 aromatic heterocycles. The van der Waals surface area contributed by atoms with Crippen molar-refractivity contribution in [3.63, 3.8) is 0 Å². The minimum atomic E-state index is -0.0370. The molecular weight excluding hydrogens is 274 g/mol. The van der Waals surface area contributed by atoms with Gasteiger partial charge in [0.2, 0.25) is 0 Å². The van der Waals surface area contributed by atoms with Crippen LogP contribution < -0.4 is 10.0 Å². The molecule has 2 aromatic carbocycles. The SMILES string of the molecule is O=C1N2c3ccccc3C(c3cccn31)N2c1ccccc1. The maximum atomic E-state index is 12.9. The van der Waals surface area contributed by atoms with Crippen molar-refractivity contribution >= 4 is 17.4 Å². The van der Waals surface area contributed by atoms with E-state index in [9.17, 15) is 4.79 Å². The number of amides is 1. The number of carbonyl (C=O) groups is 1. The van der Waals surface area contributed by atoms with E-state index in [-0.39, 0.29) is 12.1 Å². The molecule has 3 aromatic rings. The monoisotopic (exact) mass is 287 g/mol. The average molecular weight is 287 g/mol. The van der Waals surface area contributed by atoms with E-state index in [1.54, 1.807) is 9.58 Å². The van der Waals surface area contributed by atoms with E-state index in [0.717, 1.165) is 22.6 Å². The number of hydrogen-bond donors (Lipinski definition) is 0. The molecule has 0 spiro atoms. The first-order valence-electron chi connectivity index (χ1n) is 7.31. The zero-order valence-electron chi connectivity index (χ0n) is 11.8. The van der Waals surface area contributed by atoms with Crippen LogP contribution in [0.4, 0.5) is 16.2 Å². The maximum absolute atomic E-state index is 12.9. The minimum absolute atomic E-state index is 0.0336. The molecular formula is C18H13N3O. The highest BCUT2D eigenvalue weighted by atomic mass is 16.2. The van der Waals surface area contributed by atoms with Crippen molar-refractivity contribution in [1.82, 2.24) is 4.57 Å². The second-order valence-electron chi connectivity index (χ2n) is 5.54. The molecule has 1 unspecified atom stereocenters. The fourth-order valence-corrected chi connectivity index (χ4v) is 3.49. The first kappa shape index (κ1) is 11.6. The Kier molecular flexibility index (Phi) is 2.12. The fourth-order valence-electron chi connectivity index (χ4n) is 3.49. The smallest absolute Gasteiger partial charge is 0.269 e. The molecule has 1 amide bonds. The number of para-hydroxylation sites is 2. The predicted octanol–water partition coefficient (Wildman–Crippen LogP) is 3.80. The lowest BCUT2D eigenvalue weighted by molar-refractivity contribution is 0.244. The third kappa shape index (κ3) is 1.29. The highest BCUT2D eigenvalue weighted by Crippen LogP contribution is 2.48. The first-order valence-corrected chi connectivity index (χ1v) is 7.31. The van der Waals surface area contributed by atoms with Crippen molar-refractivity contribution in [1.29, 1.82) is 0 Å². The van der Waals surface area contributed by atoms with E-state index in [4.69, 9.17) is 0 Å². The quantitative estimate of drug-likeness (QED) is 0.681. The predicted molar refractivity (Wildman–Crippen MR) is 84.9 cm³/mol. The van der Waals surface area contributed by atoms with Gasteiger partial charge < -0.3 is 0 Å². The van der Waals surface area contributed by atoms with Gasteiger partial charge in [0.05, 0.1) is 17.1 Å².